The van der Waals surface area contributed by atoms with Crippen LogP contribution >= 0.6 is 0 Å². The van der Waals surface area contributed by atoms with Crippen LogP contribution in [-0.2, 0) is 4.79 Å². The number of nitriles is 1. The minimum atomic E-state index is -0.949. The van der Waals surface area contributed by atoms with Crippen molar-refractivity contribution in [3.63, 3.8) is 0 Å². The van der Waals surface area contributed by atoms with Gasteiger partial charge in [0.25, 0.3) is 0 Å². The van der Waals surface area contributed by atoms with Gasteiger partial charge in [0.15, 0.2) is 0 Å². The Kier molecular flexibility index (Phi) is 3.04. The van der Waals surface area contributed by atoms with Gasteiger partial charge in [-0.3, -0.25) is 4.79 Å². The van der Waals surface area contributed by atoms with Gasteiger partial charge in [0.05, 0.1) is 18.4 Å². The van der Waals surface area contributed by atoms with E-state index in [2.05, 4.69) is 0 Å². The molecule has 1 N–H and O–H groups in total. The van der Waals surface area contributed by atoms with Crippen molar-refractivity contribution >= 4 is 5.97 Å². The van der Waals surface area contributed by atoms with Crippen LogP contribution in [0.1, 0.15) is 17.9 Å². The molecule has 0 aliphatic carbocycles. The summed E-state index contributed by atoms with van der Waals surface area (Å²) < 4.78 is 0. The summed E-state index contributed by atoms with van der Waals surface area (Å²) in [7, 11) is 0. The molecular formula is C10H9NO2. The molecule has 13 heavy (non-hydrogen) atoms. The molecular weight excluding hydrogens is 166 g/mol. The second kappa shape index (κ2) is 4.27. The molecule has 1 aromatic carbocycles. The molecule has 0 bridgehead atoms. The van der Waals surface area contributed by atoms with E-state index in [1.807, 2.05) is 12.1 Å². The zero-order valence-electron chi connectivity index (χ0n) is 6.97. The lowest BCUT2D eigenvalue weighted by Crippen LogP contribution is -2.03. The lowest BCUT2D eigenvalue weighted by Gasteiger charge is -2.04. The second-order valence-corrected chi connectivity index (χ2v) is 2.69. The molecule has 0 radical (unpaired) electrons. The highest BCUT2D eigenvalue weighted by Crippen LogP contribution is 2.17. The van der Waals surface area contributed by atoms with E-state index in [4.69, 9.17) is 10.4 Å². The molecule has 0 aromatic heterocycles. The highest BCUT2D eigenvalue weighted by Gasteiger charge is 2.13. The van der Waals surface area contributed by atoms with Crippen LogP contribution in [0.25, 0.3) is 0 Å². The fraction of sp³-hybridized carbons (Fsp3) is 0.200. The number of carbonyl (C=O) groups is 1. The molecule has 0 amide bonds. The maximum absolute atomic E-state index is 10.4. The fourth-order valence-corrected chi connectivity index (χ4v) is 1.10. The van der Waals surface area contributed by atoms with Gasteiger partial charge in [0, 0.05) is 0 Å². The van der Waals surface area contributed by atoms with Crippen molar-refractivity contribution in [2.24, 2.45) is 0 Å². The minimum absolute atomic E-state index is 0.138. The molecule has 1 rings (SSSR count). The number of aliphatic carboxylic acids is 1. The quantitative estimate of drug-likeness (QED) is 0.761. The molecule has 66 valence electrons. The number of hydrogen-bond acceptors (Lipinski definition) is 2. The van der Waals surface area contributed by atoms with Crippen LogP contribution in [0.3, 0.4) is 0 Å². The summed E-state index contributed by atoms with van der Waals surface area (Å²) in [4.78, 5) is 10.4. The van der Waals surface area contributed by atoms with Gasteiger partial charge in [-0.1, -0.05) is 30.3 Å². The predicted octanol–water partition coefficient (Wildman–Crippen LogP) is 1.77. The summed E-state index contributed by atoms with van der Waals surface area (Å²) in [5.41, 5.74) is 0.757. The average Bonchev–Trinajstić information content (AvgIpc) is 2.15. The highest BCUT2D eigenvalue weighted by atomic mass is 16.4. The first-order chi connectivity index (χ1) is 6.24. The number of carboxylic acid groups (broad SMARTS) is 1. The van der Waals surface area contributed by atoms with Crippen molar-refractivity contribution in [2.45, 2.75) is 12.3 Å². The third-order valence-electron chi connectivity index (χ3n) is 1.74. The molecule has 3 nitrogen and oxygen atoms in total. The van der Waals surface area contributed by atoms with Crippen LogP contribution in [0, 0.1) is 11.3 Å². The maximum Gasteiger partial charge on any atom is 0.305 e. The number of nitrogens with zero attached hydrogens (tertiary/aromatic N) is 1. The molecule has 0 fully saturated rings. The first-order valence-corrected chi connectivity index (χ1v) is 3.90. The number of rotatable bonds is 3. The Morgan fingerprint density at radius 2 is 2.08 bits per heavy atom. The summed E-state index contributed by atoms with van der Waals surface area (Å²) in [6, 6.07) is 10.9. The molecule has 0 spiro atoms. The van der Waals surface area contributed by atoms with Crippen molar-refractivity contribution in [1.82, 2.24) is 0 Å². The normalized spacial score (nSPS) is 11.6. The summed E-state index contributed by atoms with van der Waals surface area (Å²) in [5.74, 6) is -1.49. The summed E-state index contributed by atoms with van der Waals surface area (Å²) >= 11 is 0. The number of carboxylic acids is 1. The van der Waals surface area contributed by atoms with Crippen molar-refractivity contribution in [3.05, 3.63) is 35.9 Å². The highest BCUT2D eigenvalue weighted by molar-refractivity contribution is 5.68. The van der Waals surface area contributed by atoms with E-state index in [0.717, 1.165) is 5.56 Å². The Bertz CT molecular complexity index is 327. The van der Waals surface area contributed by atoms with Crippen molar-refractivity contribution in [3.8, 4) is 6.07 Å². The molecule has 0 heterocycles. The molecule has 3 heteroatoms. The molecule has 0 unspecified atom stereocenters. The first-order valence-electron chi connectivity index (χ1n) is 3.90. The SMILES string of the molecule is N#C[C@@H](CC(=O)O)c1ccccc1. The van der Waals surface area contributed by atoms with Crippen molar-refractivity contribution < 1.29 is 9.90 Å². The lowest BCUT2D eigenvalue weighted by atomic mass is 9.98. The third kappa shape index (κ3) is 2.60. The van der Waals surface area contributed by atoms with Gasteiger partial charge < -0.3 is 5.11 Å². The average molecular weight is 175 g/mol. The Hall–Kier alpha value is -1.82. The standard InChI is InChI=1S/C10H9NO2/c11-7-9(6-10(12)13)8-4-2-1-3-5-8/h1-5,9H,6H2,(H,12,13)/t9-/m1/s1. The minimum Gasteiger partial charge on any atom is -0.481 e. The Labute approximate surface area is 76.2 Å². The van der Waals surface area contributed by atoms with E-state index in [1.54, 1.807) is 24.3 Å². The predicted molar refractivity (Wildman–Crippen MR) is 47.0 cm³/mol. The van der Waals surface area contributed by atoms with Gasteiger partial charge in [0.2, 0.25) is 0 Å². The maximum atomic E-state index is 10.4. The van der Waals surface area contributed by atoms with E-state index in [1.165, 1.54) is 0 Å². The monoisotopic (exact) mass is 175 g/mol. The smallest absolute Gasteiger partial charge is 0.305 e. The van der Waals surface area contributed by atoms with Crippen molar-refractivity contribution in [1.29, 1.82) is 5.26 Å². The Morgan fingerprint density at radius 1 is 1.46 bits per heavy atom. The van der Waals surface area contributed by atoms with Crippen LogP contribution in [-0.4, -0.2) is 11.1 Å². The van der Waals surface area contributed by atoms with Crippen LogP contribution in [0.15, 0.2) is 30.3 Å². The van der Waals surface area contributed by atoms with E-state index in [-0.39, 0.29) is 6.42 Å². The molecule has 1 atom stereocenters. The zero-order valence-corrected chi connectivity index (χ0v) is 6.97. The van der Waals surface area contributed by atoms with Crippen LogP contribution in [0.2, 0.25) is 0 Å². The number of benzene rings is 1. The fourth-order valence-electron chi connectivity index (χ4n) is 1.10. The van der Waals surface area contributed by atoms with Gasteiger partial charge in [-0.15, -0.1) is 0 Å². The van der Waals surface area contributed by atoms with E-state index in [9.17, 15) is 4.79 Å². The summed E-state index contributed by atoms with van der Waals surface area (Å²) in [6.45, 7) is 0. The largest absolute Gasteiger partial charge is 0.481 e. The van der Waals surface area contributed by atoms with E-state index in [0.29, 0.717) is 0 Å². The van der Waals surface area contributed by atoms with Gasteiger partial charge in [0.1, 0.15) is 0 Å². The molecule has 0 aliphatic rings. The molecule has 0 saturated heterocycles. The summed E-state index contributed by atoms with van der Waals surface area (Å²) in [5, 5.41) is 17.2. The van der Waals surface area contributed by atoms with E-state index >= 15 is 0 Å². The van der Waals surface area contributed by atoms with Crippen LogP contribution in [0.5, 0.6) is 0 Å². The van der Waals surface area contributed by atoms with Gasteiger partial charge in [-0.05, 0) is 5.56 Å². The number of hydrogen-bond donors (Lipinski definition) is 1. The molecule has 0 aliphatic heterocycles. The van der Waals surface area contributed by atoms with Crippen LogP contribution in [0.4, 0.5) is 0 Å². The lowest BCUT2D eigenvalue weighted by molar-refractivity contribution is -0.137. The Balaban J connectivity index is 2.80. The first kappa shape index (κ1) is 9.27. The Morgan fingerprint density at radius 3 is 2.54 bits per heavy atom. The van der Waals surface area contributed by atoms with Crippen LogP contribution < -0.4 is 0 Å². The van der Waals surface area contributed by atoms with Crippen molar-refractivity contribution in [2.75, 3.05) is 0 Å². The zero-order chi connectivity index (χ0) is 9.68. The van der Waals surface area contributed by atoms with Gasteiger partial charge in [-0.25, -0.2) is 0 Å². The molecule has 0 saturated carbocycles. The van der Waals surface area contributed by atoms with Gasteiger partial charge in [-0.2, -0.15) is 5.26 Å². The van der Waals surface area contributed by atoms with E-state index < -0.39 is 11.9 Å². The second-order valence-electron chi connectivity index (χ2n) is 2.69. The topological polar surface area (TPSA) is 61.1 Å². The summed E-state index contributed by atoms with van der Waals surface area (Å²) in [6.07, 6.45) is -0.138. The third-order valence-corrected chi connectivity index (χ3v) is 1.74. The molecule has 1 aromatic rings. The van der Waals surface area contributed by atoms with Gasteiger partial charge >= 0.3 is 5.97 Å².